The van der Waals surface area contributed by atoms with Crippen LogP contribution in [0.5, 0.6) is 11.5 Å². The molecule has 0 aliphatic carbocycles. The molecular weight excluding hydrogens is 340 g/mol. The van der Waals surface area contributed by atoms with Gasteiger partial charge in [-0.05, 0) is 44.6 Å². The second-order valence-corrected chi connectivity index (χ2v) is 8.54. The molecule has 6 nitrogen and oxygen atoms in total. The van der Waals surface area contributed by atoms with E-state index in [0.29, 0.717) is 30.9 Å². The monoisotopic (exact) mass is 370 g/mol. The van der Waals surface area contributed by atoms with Crippen molar-refractivity contribution in [1.82, 2.24) is 10.2 Å². The number of hydrogen-bond acceptors (Lipinski definition) is 6. The van der Waals surface area contributed by atoms with Crippen LogP contribution in [0.1, 0.15) is 26.7 Å². The van der Waals surface area contributed by atoms with E-state index in [-0.39, 0.29) is 10.9 Å². The maximum absolute atomic E-state index is 13.2. The molecule has 1 N–H and O–H groups in total. The molecule has 1 fully saturated rings. The lowest BCUT2D eigenvalue weighted by atomic mass is 10.0. The van der Waals surface area contributed by atoms with Crippen molar-refractivity contribution in [2.24, 2.45) is 0 Å². The average molecular weight is 371 g/mol. The Bertz CT molecular complexity index is 659. The van der Waals surface area contributed by atoms with Crippen molar-refractivity contribution >= 4 is 9.84 Å². The molecule has 1 aromatic carbocycles. The zero-order valence-corrected chi connectivity index (χ0v) is 16.4. The van der Waals surface area contributed by atoms with E-state index in [4.69, 9.17) is 9.47 Å². The van der Waals surface area contributed by atoms with E-state index in [1.165, 1.54) is 7.11 Å². The van der Waals surface area contributed by atoms with Gasteiger partial charge in [0.25, 0.3) is 0 Å². The minimum Gasteiger partial charge on any atom is -0.497 e. The normalized spacial score (nSPS) is 21.3. The molecule has 1 heterocycles. The summed E-state index contributed by atoms with van der Waals surface area (Å²) < 4.78 is 36.8. The van der Waals surface area contributed by atoms with Crippen molar-refractivity contribution in [3.8, 4) is 11.5 Å². The van der Waals surface area contributed by atoms with E-state index in [1.54, 1.807) is 25.3 Å². The summed E-state index contributed by atoms with van der Waals surface area (Å²) in [6.45, 7) is 7.79. The van der Waals surface area contributed by atoms with Crippen molar-refractivity contribution in [3.05, 3.63) is 18.2 Å². The van der Waals surface area contributed by atoms with Gasteiger partial charge in [-0.1, -0.05) is 13.8 Å². The highest BCUT2D eigenvalue weighted by molar-refractivity contribution is 7.92. The summed E-state index contributed by atoms with van der Waals surface area (Å²) in [5.74, 6) is 0.929. The number of nitrogens with one attached hydrogen (secondary N) is 1. The zero-order chi connectivity index (χ0) is 18.4. The fourth-order valence-electron chi connectivity index (χ4n) is 3.37. The summed E-state index contributed by atoms with van der Waals surface area (Å²) in [6, 6.07) is 5.08. The van der Waals surface area contributed by atoms with Crippen LogP contribution >= 0.6 is 0 Å². The summed E-state index contributed by atoms with van der Waals surface area (Å²) in [5, 5.41) is 3.07. The zero-order valence-electron chi connectivity index (χ0n) is 15.6. The van der Waals surface area contributed by atoms with Crippen LogP contribution in [0.4, 0.5) is 0 Å². The van der Waals surface area contributed by atoms with Gasteiger partial charge in [0.1, 0.15) is 16.4 Å². The number of rotatable bonds is 8. The van der Waals surface area contributed by atoms with Gasteiger partial charge in [0.15, 0.2) is 9.84 Å². The van der Waals surface area contributed by atoms with Crippen LogP contribution < -0.4 is 14.8 Å². The molecule has 7 heteroatoms. The van der Waals surface area contributed by atoms with E-state index >= 15 is 0 Å². The topological polar surface area (TPSA) is 67.9 Å². The van der Waals surface area contributed by atoms with E-state index in [9.17, 15) is 8.42 Å². The Balaban J connectivity index is 2.21. The molecular formula is C18H30N2O4S. The first-order chi connectivity index (χ1) is 12.0. The van der Waals surface area contributed by atoms with Crippen molar-refractivity contribution < 1.29 is 17.9 Å². The Labute approximate surface area is 151 Å². The number of sulfone groups is 1. The summed E-state index contributed by atoms with van der Waals surface area (Å²) in [5.41, 5.74) is 0. The van der Waals surface area contributed by atoms with Gasteiger partial charge >= 0.3 is 0 Å². The fourth-order valence-corrected chi connectivity index (χ4v) is 5.32. The smallest absolute Gasteiger partial charge is 0.184 e. The Hall–Kier alpha value is -1.31. The van der Waals surface area contributed by atoms with E-state index in [0.717, 1.165) is 19.6 Å². The highest BCUT2D eigenvalue weighted by Crippen LogP contribution is 2.33. The maximum atomic E-state index is 13.2. The third-order valence-electron chi connectivity index (χ3n) is 4.94. The summed E-state index contributed by atoms with van der Waals surface area (Å²) >= 11 is 0. The SMILES string of the molecule is CCN(CC)CC1CC(S(=O)(=O)c2ccc(OC)cc2OC)CCN1. The number of nitrogens with zero attached hydrogens (tertiary/aromatic N) is 1. The second-order valence-electron chi connectivity index (χ2n) is 6.35. The highest BCUT2D eigenvalue weighted by atomic mass is 32.2. The van der Waals surface area contributed by atoms with Crippen LogP contribution in [0.2, 0.25) is 0 Å². The summed E-state index contributed by atoms with van der Waals surface area (Å²) in [6.07, 6.45) is 1.24. The number of piperidine rings is 1. The maximum Gasteiger partial charge on any atom is 0.184 e. The second kappa shape index (κ2) is 8.87. The average Bonchev–Trinajstić information content (AvgIpc) is 2.65. The number of likely N-dealkylation sites (N-methyl/N-ethyl adjacent to an activating group) is 1. The first-order valence-corrected chi connectivity index (χ1v) is 10.4. The van der Waals surface area contributed by atoms with Gasteiger partial charge < -0.3 is 19.7 Å². The molecule has 1 aromatic rings. The molecule has 0 saturated carbocycles. The van der Waals surface area contributed by atoms with Crippen LogP contribution in [0, 0.1) is 0 Å². The fraction of sp³-hybridized carbons (Fsp3) is 0.667. The molecule has 0 aromatic heterocycles. The Morgan fingerprint density at radius 1 is 1.20 bits per heavy atom. The first kappa shape index (κ1) is 20.0. The van der Waals surface area contributed by atoms with Crippen LogP contribution in [-0.4, -0.2) is 65.0 Å². The molecule has 1 saturated heterocycles. The quantitative estimate of drug-likeness (QED) is 0.754. The molecule has 2 unspecified atom stereocenters. The lowest BCUT2D eigenvalue weighted by molar-refractivity contribution is 0.243. The standard InChI is InChI=1S/C18H30N2O4S/c1-5-20(6-2)13-14-11-16(9-10-19-14)25(21,22)18-8-7-15(23-3)12-17(18)24-4/h7-8,12,14,16,19H,5-6,9-11,13H2,1-4H3. The predicted octanol–water partition coefficient (Wildman–Crippen LogP) is 1.94. The van der Waals surface area contributed by atoms with Crippen molar-refractivity contribution in [2.75, 3.05) is 40.4 Å². The molecule has 0 spiro atoms. The number of methoxy groups -OCH3 is 2. The largest absolute Gasteiger partial charge is 0.497 e. The van der Waals surface area contributed by atoms with Gasteiger partial charge in [-0.15, -0.1) is 0 Å². The van der Waals surface area contributed by atoms with Gasteiger partial charge in [0.05, 0.1) is 19.5 Å². The molecule has 142 valence electrons. The molecule has 2 atom stereocenters. The van der Waals surface area contributed by atoms with Crippen LogP contribution in [0.25, 0.3) is 0 Å². The first-order valence-electron chi connectivity index (χ1n) is 8.87. The molecule has 0 bridgehead atoms. The number of hydrogen-bond donors (Lipinski definition) is 1. The Morgan fingerprint density at radius 2 is 1.92 bits per heavy atom. The molecule has 2 rings (SSSR count). The predicted molar refractivity (Wildman–Crippen MR) is 99.3 cm³/mol. The molecule has 25 heavy (non-hydrogen) atoms. The third kappa shape index (κ3) is 4.65. The van der Waals surface area contributed by atoms with E-state index < -0.39 is 15.1 Å². The van der Waals surface area contributed by atoms with Gasteiger partial charge in [0, 0.05) is 18.7 Å². The minimum atomic E-state index is -3.45. The third-order valence-corrected chi connectivity index (χ3v) is 7.19. The summed E-state index contributed by atoms with van der Waals surface area (Å²) in [7, 11) is -0.416. The molecule has 1 aliphatic heterocycles. The molecule has 1 aliphatic rings. The Kier molecular flexibility index (Phi) is 7.10. The van der Waals surface area contributed by atoms with E-state index in [2.05, 4.69) is 24.1 Å². The van der Waals surface area contributed by atoms with Gasteiger partial charge in [-0.25, -0.2) is 8.42 Å². The van der Waals surface area contributed by atoms with Crippen molar-refractivity contribution in [3.63, 3.8) is 0 Å². The van der Waals surface area contributed by atoms with Crippen molar-refractivity contribution in [2.45, 2.75) is 42.9 Å². The minimum absolute atomic E-state index is 0.192. The lowest BCUT2D eigenvalue weighted by Gasteiger charge is -2.33. The van der Waals surface area contributed by atoms with Gasteiger partial charge in [0.2, 0.25) is 0 Å². The van der Waals surface area contributed by atoms with E-state index in [1.807, 2.05) is 0 Å². The van der Waals surface area contributed by atoms with Crippen LogP contribution in [0.3, 0.4) is 0 Å². The van der Waals surface area contributed by atoms with Gasteiger partial charge in [-0.2, -0.15) is 0 Å². The molecule has 0 amide bonds. The lowest BCUT2D eigenvalue weighted by Crippen LogP contribution is -2.49. The number of ether oxygens (including phenoxy) is 2. The Morgan fingerprint density at radius 3 is 2.52 bits per heavy atom. The van der Waals surface area contributed by atoms with Crippen LogP contribution in [0.15, 0.2) is 23.1 Å². The number of benzene rings is 1. The summed E-state index contributed by atoms with van der Waals surface area (Å²) in [4.78, 5) is 2.57. The molecule has 0 radical (unpaired) electrons. The van der Waals surface area contributed by atoms with Crippen molar-refractivity contribution in [1.29, 1.82) is 0 Å². The van der Waals surface area contributed by atoms with Gasteiger partial charge in [-0.3, -0.25) is 0 Å². The van der Waals surface area contributed by atoms with Crippen LogP contribution in [-0.2, 0) is 9.84 Å². The highest BCUT2D eigenvalue weighted by Gasteiger charge is 2.35.